The number of ketones is 1. The van der Waals surface area contributed by atoms with Crippen LogP contribution in [0.3, 0.4) is 0 Å². The molecule has 7 nitrogen and oxygen atoms in total. The van der Waals surface area contributed by atoms with E-state index in [1.807, 2.05) is 48.6 Å². The van der Waals surface area contributed by atoms with Gasteiger partial charge in [-0.05, 0) is 49.4 Å². The Labute approximate surface area is 193 Å². The van der Waals surface area contributed by atoms with Crippen LogP contribution in [0.25, 0.3) is 6.08 Å². The number of carbonyl (C=O) groups excluding carboxylic acids is 1. The molecule has 0 fully saturated rings. The highest BCUT2D eigenvalue weighted by Gasteiger charge is 2.29. The lowest BCUT2D eigenvalue weighted by Crippen LogP contribution is -2.37. The van der Waals surface area contributed by atoms with E-state index in [2.05, 4.69) is 23.9 Å². The Bertz CT molecular complexity index is 1130. The van der Waals surface area contributed by atoms with Gasteiger partial charge in [-0.2, -0.15) is 5.10 Å². The van der Waals surface area contributed by atoms with Crippen molar-refractivity contribution in [3.8, 4) is 5.75 Å². The maximum absolute atomic E-state index is 12.9. The zero-order valence-corrected chi connectivity index (χ0v) is 19.4. The maximum Gasteiger partial charge on any atom is 0.347 e. The van der Waals surface area contributed by atoms with E-state index in [-0.39, 0.29) is 11.6 Å². The molecule has 33 heavy (non-hydrogen) atoms. The molecule has 0 spiro atoms. The summed E-state index contributed by atoms with van der Waals surface area (Å²) >= 11 is 0. The number of carbonyl (C=O) groups is 2. The Balaban J connectivity index is 1.63. The average molecular weight is 448 g/mol. The van der Waals surface area contributed by atoms with Crippen LogP contribution in [0.2, 0.25) is 0 Å². The van der Waals surface area contributed by atoms with Crippen molar-refractivity contribution >= 4 is 17.8 Å². The molecule has 0 amide bonds. The summed E-state index contributed by atoms with van der Waals surface area (Å²) in [6.45, 7) is 7.71. The molecule has 1 heterocycles. The molecule has 1 aromatic heterocycles. The number of allylic oxidation sites excluding steroid dienone is 1. The third-order valence-corrected chi connectivity index (χ3v) is 5.04. The third kappa shape index (κ3) is 6.38. The normalized spacial score (nSPS) is 11.8. The fourth-order valence-electron chi connectivity index (χ4n) is 3.24. The van der Waals surface area contributed by atoms with E-state index in [4.69, 9.17) is 9.84 Å². The van der Waals surface area contributed by atoms with Crippen LogP contribution >= 0.6 is 0 Å². The van der Waals surface area contributed by atoms with Crippen LogP contribution < -0.4 is 4.74 Å². The van der Waals surface area contributed by atoms with Crippen LogP contribution in [-0.2, 0) is 17.8 Å². The number of benzene rings is 2. The zero-order valence-electron chi connectivity index (χ0n) is 19.4. The molecular formula is C26H29N3O4. The summed E-state index contributed by atoms with van der Waals surface area (Å²) in [6.07, 6.45) is 6.13. The van der Waals surface area contributed by atoms with Gasteiger partial charge in [0.25, 0.3) is 0 Å². The van der Waals surface area contributed by atoms with E-state index in [0.717, 1.165) is 12.0 Å². The standard InChI is InChI=1S/C26H29N3O4/c1-18(2)16-20-7-11-21(12-8-20)23(30)24-27-17-28-29(24)15-5-6-19-9-13-22(14-10-19)33-26(3,4)25(31)32/h5-14,17-18H,15-16H2,1-4H3,(H,31,32)/b6-5+. The number of hydrogen-bond acceptors (Lipinski definition) is 5. The van der Waals surface area contributed by atoms with Gasteiger partial charge in [-0.15, -0.1) is 0 Å². The number of aromatic nitrogens is 3. The number of nitrogens with zero attached hydrogens (tertiary/aromatic N) is 3. The highest BCUT2D eigenvalue weighted by molar-refractivity contribution is 6.06. The van der Waals surface area contributed by atoms with Crippen molar-refractivity contribution < 1.29 is 19.4 Å². The summed E-state index contributed by atoms with van der Waals surface area (Å²) in [5, 5.41) is 13.3. The van der Waals surface area contributed by atoms with Crippen LogP contribution in [0.5, 0.6) is 5.75 Å². The van der Waals surface area contributed by atoms with Crippen molar-refractivity contribution in [1.82, 2.24) is 14.8 Å². The van der Waals surface area contributed by atoms with Gasteiger partial charge < -0.3 is 9.84 Å². The van der Waals surface area contributed by atoms with Crippen LogP contribution in [-0.4, -0.2) is 37.2 Å². The Morgan fingerprint density at radius 3 is 2.36 bits per heavy atom. The topological polar surface area (TPSA) is 94.3 Å². The van der Waals surface area contributed by atoms with Gasteiger partial charge in [0.15, 0.2) is 11.4 Å². The molecule has 0 saturated heterocycles. The summed E-state index contributed by atoms with van der Waals surface area (Å²) in [5.74, 6) is 0.122. The van der Waals surface area contributed by atoms with Crippen molar-refractivity contribution in [3.05, 3.63) is 83.4 Å². The molecule has 2 aromatic carbocycles. The van der Waals surface area contributed by atoms with Gasteiger partial charge in [-0.3, -0.25) is 4.79 Å². The number of aliphatic carboxylic acids is 1. The molecule has 1 N–H and O–H groups in total. The molecule has 172 valence electrons. The van der Waals surface area contributed by atoms with Crippen molar-refractivity contribution in [2.75, 3.05) is 0 Å². The van der Waals surface area contributed by atoms with Gasteiger partial charge in [0.1, 0.15) is 12.1 Å². The summed E-state index contributed by atoms with van der Waals surface area (Å²) in [7, 11) is 0. The van der Waals surface area contributed by atoms with Crippen molar-refractivity contribution in [2.24, 2.45) is 5.92 Å². The van der Waals surface area contributed by atoms with Gasteiger partial charge in [0.05, 0.1) is 6.54 Å². The van der Waals surface area contributed by atoms with Gasteiger partial charge in [0, 0.05) is 5.56 Å². The van der Waals surface area contributed by atoms with Gasteiger partial charge in [0.2, 0.25) is 5.78 Å². The van der Waals surface area contributed by atoms with Crippen molar-refractivity contribution in [1.29, 1.82) is 0 Å². The van der Waals surface area contributed by atoms with E-state index in [0.29, 0.717) is 23.8 Å². The predicted octanol–water partition coefficient (Wildman–Crippen LogP) is 4.66. The molecule has 0 aliphatic heterocycles. The van der Waals surface area contributed by atoms with E-state index >= 15 is 0 Å². The van der Waals surface area contributed by atoms with Crippen molar-refractivity contribution in [2.45, 2.75) is 46.3 Å². The van der Waals surface area contributed by atoms with E-state index in [1.165, 1.54) is 25.7 Å². The van der Waals surface area contributed by atoms with E-state index in [1.54, 1.807) is 16.8 Å². The lowest BCUT2D eigenvalue weighted by Gasteiger charge is -2.21. The number of carboxylic acid groups (broad SMARTS) is 1. The largest absolute Gasteiger partial charge is 0.478 e. The van der Waals surface area contributed by atoms with Crippen LogP contribution in [0, 0.1) is 5.92 Å². The molecule has 7 heteroatoms. The maximum atomic E-state index is 12.9. The number of ether oxygens (including phenoxy) is 1. The second-order valence-corrected chi connectivity index (χ2v) is 8.78. The van der Waals surface area contributed by atoms with Crippen LogP contribution in [0.4, 0.5) is 0 Å². The zero-order chi connectivity index (χ0) is 24.0. The molecule has 0 atom stereocenters. The highest BCUT2D eigenvalue weighted by Crippen LogP contribution is 2.20. The first-order valence-corrected chi connectivity index (χ1v) is 10.9. The lowest BCUT2D eigenvalue weighted by molar-refractivity contribution is -0.152. The molecular weight excluding hydrogens is 418 g/mol. The first-order valence-electron chi connectivity index (χ1n) is 10.9. The van der Waals surface area contributed by atoms with E-state index in [9.17, 15) is 9.59 Å². The Kier molecular flexibility index (Phi) is 7.43. The second kappa shape index (κ2) is 10.3. The quantitative estimate of drug-likeness (QED) is 0.454. The summed E-state index contributed by atoms with van der Waals surface area (Å²) < 4.78 is 7.07. The minimum atomic E-state index is -1.30. The molecule has 0 radical (unpaired) electrons. The van der Waals surface area contributed by atoms with Crippen LogP contribution in [0.1, 0.15) is 55.0 Å². The third-order valence-electron chi connectivity index (χ3n) is 5.04. The Hall–Kier alpha value is -3.74. The second-order valence-electron chi connectivity index (χ2n) is 8.78. The van der Waals surface area contributed by atoms with Crippen LogP contribution in [0.15, 0.2) is 60.9 Å². The summed E-state index contributed by atoms with van der Waals surface area (Å²) in [6, 6.07) is 14.7. The van der Waals surface area contributed by atoms with Gasteiger partial charge >= 0.3 is 5.97 Å². The minimum absolute atomic E-state index is 0.167. The fourth-order valence-corrected chi connectivity index (χ4v) is 3.24. The lowest BCUT2D eigenvalue weighted by atomic mass is 10.0. The minimum Gasteiger partial charge on any atom is -0.478 e. The first kappa shape index (κ1) is 23.9. The molecule has 0 saturated carbocycles. The number of rotatable bonds is 10. The number of hydrogen-bond donors (Lipinski definition) is 1. The van der Waals surface area contributed by atoms with Gasteiger partial charge in [-0.1, -0.05) is 62.4 Å². The molecule has 0 unspecified atom stereocenters. The smallest absolute Gasteiger partial charge is 0.347 e. The first-order chi connectivity index (χ1) is 15.7. The fraction of sp³-hybridized carbons (Fsp3) is 0.308. The number of carboxylic acids is 1. The monoisotopic (exact) mass is 447 g/mol. The summed E-state index contributed by atoms with van der Waals surface area (Å²) in [5.41, 5.74) is 1.39. The average Bonchev–Trinajstić information content (AvgIpc) is 3.23. The molecule has 3 aromatic rings. The van der Waals surface area contributed by atoms with Gasteiger partial charge in [-0.25, -0.2) is 14.5 Å². The van der Waals surface area contributed by atoms with Crippen molar-refractivity contribution in [3.63, 3.8) is 0 Å². The Morgan fingerprint density at radius 2 is 1.76 bits per heavy atom. The van der Waals surface area contributed by atoms with E-state index < -0.39 is 11.6 Å². The molecule has 3 rings (SSSR count). The molecule has 0 bridgehead atoms. The SMILES string of the molecule is CC(C)Cc1ccc(C(=O)c2ncnn2C/C=C/c2ccc(OC(C)(C)C(=O)O)cc2)cc1. The Morgan fingerprint density at radius 1 is 1.09 bits per heavy atom. The molecule has 0 aliphatic rings. The molecule has 0 aliphatic carbocycles. The summed E-state index contributed by atoms with van der Waals surface area (Å²) in [4.78, 5) is 28.2. The highest BCUT2D eigenvalue weighted by atomic mass is 16.5. The predicted molar refractivity (Wildman–Crippen MR) is 126 cm³/mol.